The lowest BCUT2D eigenvalue weighted by Crippen LogP contribution is -2.43. The second-order valence-electron chi connectivity index (χ2n) is 5.40. The van der Waals surface area contributed by atoms with Crippen LogP contribution in [-0.2, 0) is 6.54 Å². The molecule has 1 saturated heterocycles. The molecule has 20 heavy (non-hydrogen) atoms. The zero-order valence-electron chi connectivity index (χ0n) is 11.8. The summed E-state index contributed by atoms with van der Waals surface area (Å²) in [4.78, 5) is 2.54. The Morgan fingerprint density at radius 3 is 2.45 bits per heavy atom. The number of benzene rings is 1. The van der Waals surface area contributed by atoms with E-state index in [0.29, 0.717) is 27.7 Å². The molecule has 1 N–H and O–H groups in total. The van der Waals surface area contributed by atoms with Gasteiger partial charge >= 0.3 is 0 Å². The van der Waals surface area contributed by atoms with Gasteiger partial charge in [0.1, 0.15) is 0 Å². The number of hydrogen-bond donors (Lipinski definition) is 1. The third-order valence-corrected chi connectivity index (χ3v) is 5.09. The van der Waals surface area contributed by atoms with Crippen molar-refractivity contribution in [1.29, 1.82) is 0 Å². The normalized spacial score (nSPS) is 18.2. The van der Waals surface area contributed by atoms with Crippen molar-refractivity contribution in [2.24, 2.45) is 0 Å². The minimum absolute atomic E-state index is 0.534. The molecule has 2 nitrogen and oxygen atoms in total. The third-order valence-electron chi connectivity index (χ3n) is 3.89. The predicted molar refractivity (Wildman–Crippen MR) is 88.1 cm³/mol. The van der Waals surface area contributed by atoms with E-state index in [9.17, 15) is 0 Å². The summed E-state index contributed by atoms with van der Waals surface area (Å²) in [6.07, 6.45) is 4.00. The van der Waals surface area contributed by atoms with Crippen LogP contribution in [0.4, 0.5) is 0 Å². The summed E-state index contributed by atoms with van der Waals surface area (Å²) in [5.74, 6) is 0. The highest BCUT2D eigenvalue weighted by atomic mass is 35.5. The van der Waals surface area contributed by atoms with Crippen LogP contribution in [0.1, 0.15) is 31.7 Å². The summed E-state index contributed by atoms with van der Waals surface area (Å²) in [7, 11) is 0. The predicted octanol–water partition coefficient (Wildman–Crippen LogP) is 4.61. The van der Waals surface area contributed by atoms with E-state index in [2.05, 4.69) is 17.1 Å². The highest BCUT2D eigenvalue weighted by Crippen LogP contribution is 2.31. The Kier molecular flexibility index (Phi) is 6.44. The van der Waals surface area contributed by atoms with Crippen LogP contribution in [0.3, 0.4) is 0 Å². The second-order valence-corrected chi connectivity index (χ2v) is 6.59. The quantitative estimate of drug-likeness (QED) is 0.790. The average molecular weight is 336 g/mol. The second kappa shape index (κ2) is 7.86. The first kappa shape index (κ1) is 16.4. The largest absolute Gasteiger partial charge is 0.311 e. The highest BCUT2D eigenvalue weighted by molar-refractivity contribution is 6.44. The van der Waals surface area contributed by atoms with Crippen LogP contribution in [0.5, 0.6) is 0 Å². The van der Waals surface area contributed by atoms with Crippen LogP contribution in [-0.4, -0.2) is 30.6 Å². The van der Waals surface area contributed by atoms with Crippen LogP contribution < -0.4 is 5.32 Å². The molecule has 1 heterocycles. The molecule has 0 aromatic heterocycles. The van der Waals surface area contributed by atoms with E-state index in [1.54, 1.807) is 12.1 Å². The standard InChI is InChI=1S/C15H21Cl3N2/c1-11(20-7-3-2-4-8-20)9-19-10-12-13(16)5-6-14(17)15(12)18/h5-6,11,19H,2-4,7-10H2,1H3. The Morgan fingerprint density at radius 1 is 1.10 bits per heavy atom. The van der Waals surface area contributed by atoms with Gasteiger partial charge in [-0.1, -0.05) is 41.2 Å². The van der Waals surface area contributed by atoms with Crippen molar-refractivity contribution < 1.29 is 0 Å². The van der Waals surface area contributed by atoms with Gasteiger partial charge in [-0.05, 0) is 45.0 Å². The number of likely N-dealkylation sites (tertiary alicyclic amines) is 1. The molecule has 0 spiro atoms. The lowest BCUT2D eigenvalue weighted by Gasteiger charge is -2.32. The van der Waals surface area contributed by atoms with Crippen LogP contribution in [0, 0.1) is 0 Å². The molecule has 0 saturated carbocycles. The zero-order chi connectivity index (χ0) is 14.5. The van der Waals surface area contributed by atoms with Gasteiger partial charge in [0.25, 0.3) is 0 Å². The number of nitrogens with one attached hydrogen (secondary N) is 1. The summed E-state index contributed by atoms with van der Waals surface area (Å²) >= 11 is 18.4. The van der Waals surface area contributed by atoms with Crippen LogP contribution in [0.25, 0.3) is 0 Å². The lowest BCUT2D eigenvalue weighted by atomic mass is 10.1. The van der Waals surface area contributed by atoms with E-state index < -0.39 is 0 Å². The molecule has 0 radical (unpaired) electrons. The van der Waals surface area contributed by atoms with Crippen molar-refractivity contribution in [3.63, 3.8) is 0 Å². The first-order valence-electron chi connectivity index (χ1n) is 7.16. The number of piperidine rings is 1. The number of rotatable bonds is 5. The van der Waals surface area contributed by atoms with Crippen molar-refractivity contribution in [3.8, 4) is 0 Å². The first-order chi connectivity index (χ1) is 9.59. The van der Waals surface area contributed by atoms with Gasteiger partial charge in [-0.25, -0.2) is 0 Å². The monoisotopic (exact) mass is 334 g/mol. The molecule has 1 unspecified atom stereocenters. The summed E-state index contributed by atoms with van der Waals surface area (Å²) in [5, 5.41) is 5.21. The van der Waals surface area contributed by atoms with Gasteiger partial charge in [-0.15, -0.1) is 0 Å². The summed E-state index contributed by atoms with van der Waals surface area (Å²) < 4.78 is 0. The van der Waals surface area contributed by atoms with Gasteiger partial charge < -0.3 is 5.32 Å². The highest BCUT2D eigenvalue weighted by Gasteiger charge is 2.16. The molecule has 0 amide bonds. The van der Waals surface area contributed by atoms with Crippen molar-refractivity contribution in [1.82, 2.24) is 10.2 Å². The van der Waals surface area contributed by atoms with E-state index in [-0.39, 0.29) is 0 Å². The molecule has 1 atom stereocenters. The van der Waals surface area contributed by atoms with Gasteiger partial charge in [-0.2, -0.15) is 0 Å². The number of nitrogens with zero attached hydrogens (tertiary/aromatic N) is 1. The fourth-order valence-corrected chi connectivity index (χ4v) is 3.31. The van der Waals surface area contributed by atoms with Gasteiger partial charge in [0.05, 0.1) is 10.0 Å². The van der Waals surface area contributed by atoms with Gasteiger partial charge in [0.15, 0.2) is 0 Å². The Bertz CT molecular complexity index is 445. The fourth-order valence-electron chi connectivity index (χ4n) is 2.63. The van der Waals surface area contributed by atoms with Crippen molar-refractivity contribution in [2.45, 2.75) is 38.8 Å². The molecular formula is C15H21Cl3N2. The number of hydrogen-bond acceptors (Lipinski definition) is 2. The molecule has 5 heteroatoms. The minimum atomic E-state index is 0.534. The van der Waals surface area contributed by atoms with E-state index in [1.165, 1.54) is 32.4 Å². The maximum absolute atomic E-state index is 6.20. The lowest BCUT2D eigenvalue weighted by molar-refractivity contribution is 0.170. The van der Waals surface area contributed by atoms with Gasteiger partial charge in [0, 0.05) is 29.7 Å². The van der Waals surface area contributed by atoms with Crippen LogP contribution >= 0.6 is 34.8 Å². The van der Waals surface area contributed by atoms with Crippen LogP contribution in [0.2, 0.25) is 15.1 Å². The molecular weight excluding hydrogens is 315 g/mol. The molecule has 1 aliphatic rings. The fraction of sp³-hybridized carbons (Fsp3) is 0.600. The Hall–Kier alpha value is 0.01000. The molecule has 0 aliphatic carbocycles. The molecule has 1 aromatic rings. The van der Waals surface area contributed by atoms with Crippen molar-refractivity contribution in [3.05, 3.63) is 32.8 Å². The average Bonchev–Trinajstić information content (AvgIpc) is 2.47. The molecule has 112 valence electrons. The van der Waals surface area contributed by atoms with E-state index >= 15 is 0 Å². The summed E-state index contributed by atoms with van der Waals surface area (Å²) in [6.45, 7) is 6.26. The van der Waals surface area contributed by atoms with E-state index in [0.717, 1.165) is 12.1 Å². The minimum Gasteiger partial charge on any atom is -0.311 e. The Labute approximate surface area is 136 Å². The maximum Gasteiger partial charge on any atom is 0.0652 e. The third kappa shape index (κ3) is 4.25. The summed E-state index contributed by atoms with van der Waals surface area (Å²) in [6, 6.07) is 4.06. The molecule has 2 rings (SSSR count). The zero-order valence-corrected chi connectivity index (χ0v) is 14.0. The molecule has 1 aliphatic heterocycles. The Morgan fingerprint density at radius 2 is 1.75 bits per heavy atom. The van der Waals surface area contributed by atoms with Gasteiger partial charge in [-0.3, -0.25) is 4.90 Å². The summed E-state index contributed by atoms with van der Waals surface area (Å²) in [5.41, 5.74) is 0.881. The van der Waals surface area contributed by atoms with Crippen LogP contribution in [0.15, 0.2) is 12.1 Å². The molecule has 0 bridgehead atoms. The Balaban J connectivity index is 1.85. The van der Waals surface area contributed by atoms with Gasteiger partial charge in [0.2, 0.25) is 0 Å². The van der Waals surface area contributed by atoms with E-state index in [4.69, 9.17) is 34.8 Å². The smallest absolute Gasteiger partial charge is 0.0652 e. The number of halogens is 3. The van der Waals surface area contributed by atoms with Crippen molar-refractivity contribution in [2.75, 3.05) is 19.6 Å². The maximum atomic E-state index is 6.20. The molecule has 1 fully saturated rings. The van der Waals surface area contributed by atoms with Crippen molar-refractivity contribution >= 4 is 34.8 Å². The molecule has 1 aromatic carbocycles. The topological polar surface area (TPSA) is 15.3 Å². The van der Waals surface area contributed by atoms with E-state index in [1.807, 2.05) is 0 Å². The first-order valence-corrected chi connectivity index (χ1v) is 8.30. The SMILES string of the molecule is CC(CNCc1c(Cl)ccc(Cl)c1Cl)N1CCCCC1.